The maximum Gasteiger partial charge on any atom is 0.416 e. The van der Waals surface area contributed by atoms with Crippen LogP contribution in [0.3, 0.4) is 0 Å². The van der Waals surface area contributed by atoms with E-state index in [0.717, 1.165) is 12.1 Å². The molecule has 3 N–H and O–H groups in total. The summed E-state index contributed by atoms with van der Waals surface area (Å²) in [5.74, 6) is -0.478. The van der Waals surface area contributed by atoms with E-state index in [2.05, 4.69) is 15.8 Å². The zero-order chi connectivity index (χ0) is 22.2. The zero-order valence-electron chi connectivity index (χ0n) is 15.9. The monoisotopic (exact) mass is 469 g/mol. The van der Waals surface area contributed by atoms with Crippen molar-refractivity contribution in [3.05, 3.63) is 55.6 Å². The van der Waals surface area contributed by atoms with Gasteiger partial charge in [-0.3, -0.25) is 9.59 Å². The second kappa shape index (κ2) is 8.36. The first kappa shape index (κ1) is 21.4. The van der Waals surface area contributed by atoms with Gasteiger partial charge in [-0.15, -0.1) is 11.3 Å². The summed E-state index contributed by atoms with van der Waals surface area (Å²) < 4.78 is 45.7. The molecule has 3 aromatic heterocycles. The fourth-order valence-corrected chi connectivity index (χ4v) is 4.79. The topological polar surface area (TPSA) is 102 Å². The first-order valence-corrected chi connectivity index (χ1v) is 10.9. The lowest BCUT2D eigenvalue weighted by atomic mass is 10.2. The Kier molecular flexibility index (Phi) is 5.77. The van der Waals surface area contributed by atoms with E-state index in [1.807, 2.05) is 0 Å². The van der Waals surface area contributed by atoms with Gasteiger partial charge in [0.05, 0.1) is 39.8 Å². The molecule has 0 saturated heterocycles. The van der Waals surface area contributed by atoms with E-state index in [4.69, 9.17) is 4.74 Å². The molecule has 0 amide bonds. The number of thiazole rings is 1. The summed E-state index contributed by atoms with van der Waals surface area (Å²) in [6.07, 6.45) is -4.57. The van der Waals surface area contributed by atoms with Gasteiger partial charge in [0.15, 0.2) is 0 Å². The number of ether oxygens (including phenoxy) is 1. The van der Waals surface area contributed by atoms with Crippen molar-refractivity contribution >= 4 is 49.6 Å². The number of alkyl halides is 3. The van der Waals surface area contributed by atoms with Crippen molar-refractivity contribution in [1.82, 2.24) is 14.8 Å². The first-order chi connectivity index (χ1) is 14.8. The lowest BCUT2D eigenvalue weighted by Crippen LogP contribution is -2.52. The molecule has 0 bridgehead atoms. The third kappa shape index (κ3) is 4.45. The van der Waals surface area contributed by atoms with Crippen molar-refractivity contribution in [2.45, 2.75) is 19.1 Å². The van der Waals surface area contributed by atoms with E-state index < -0.39 is 17.7 Å². The molecular weight excluding hydrogens is 453 g/mol. The number of carbonyl (C=O) groups excluding carboxylic acids is 1. The summed E-state index contributed by atoms with van der Waals surface area (Å²) >= 11 is 2.50. The maximum absolute atomic E-state index is 12.9. The third-order valence-corrected chi connectivity index (χ3v) is 6.21. The summed E-state index contributed by atoms with van der Waals surface area (Å²) in [6, 6.07) is 3.35. The number of carbonyl (C=O) groups is 1. The highest BCUT2D eigenvalue weighted by atomic mass is 32.1. The van der Waals surface area contributed by atoms with Gasteiger partial charge in [0.25, 0.3) is 5.56 Å². The van der Waals surface area contributed by atoms with Crippen molar-refractivity contribution in [3.8, 4) is 0 Å². The summed E-state index contributed by atoms with van der Waals surface area (Å²) in [7, 11) is 0. The normalized spacial score (nSPS) is 12.0. The maximum atomic E-state index is 12.9. The predicted octanol–water partition coefficient (Wildman–Crippen LogP) is 2.46. The minimum Gasteiger partial charge on any atom is -0.459 e. The number of hydrogen-bond acceptors (Lipinski definition) is 7. The molecule has 1 aromatic carbocycles. The minimum atomic E-state index is -4.46. The first-order valence-electron chi connectivity index (χ1n) is 9.13. The molecule has 0 aliphatic heterocycles. The highest BCUT2D eigenvalue weighted by Gasteiger charge is 2.30. The van der Waals surface area contributed by atoms with E-state index in [-0.39, 0.29) is 30.6 Å². The summed E-state index contributed by atoms with van der Waals surface area (Å²) in [5.41, 5.74) is 3.07. The summed E-state index contributed by atoms with van der Waals surface area (Å²) in [6.45, 7) is 0.614. The number of aromatic nitrogens is 3. The molecule has 0 atom stereocenters. The predicted molar refractivity (Wildman–Crippen MR) is 110 cm³/mol. The molecule has 0 unspecified atom stereocenters. The van der Waals surface area contributed by atoms with Crippen LogP contribution in [-0.4, -0.2) is 33.9 Å². The van der Waals surface area contributed by atoms with Crippen LogP contribution in [0.4, 0.5) is 13.2 Å². The van der Waals surface area contributed by atoms with Crippen molar-refractivity contribution in [2.75, 3.05) is 13.2 Å². The van der Waals surface area contributed by atoms with Crippen LogP contribution in [0.5, 0.6) is 0 Å². The van der Waals surface area contributed by atoms with Gasteiger partial charge in [-0.25, -0.2) is 9.67 Å². The Labute approximate surface area is 180 Å². The van der Waals surface area contributed by atoms with Crippen LogP contribution in [0.25, 0.3) is 21.0 Å². The molecule has 4 aromatic rings. The molecule has 0 saturated carbocycles. The number of halogens is 3. The molecule has 4 rings (SSSR count). The highest BCUT2D eigenvalue weighted by molar-refractivity contribution is 7.18. The van der Waals surface area contributed by atoms with Crippen LogP contribution < -0.4 is 11.3 Å². The Hall–Kier alpha value is -2.83. The molecule has 3 heterocycles. The second-order valence-electron chi connectivity index (χ2n) is 6.65. The fourth-order valence-electron chi connectivity index (χ4n) is 3.03. The van der Waals surface area contributed by atoms with Crippen LogP contribution in [0.1, 0.15) is 16.3 Å². The van der Waals surface area contributed by atoms with Gasteiger partial charge in [-0.1, -0.05) is 0 Å². The SMILES string of the molecule is [NH3+]CCOC(=O)Cc1nn(Cc2nc3cc(C(F)(F)F)ccc3s2)c(=O)c2cscc12. The van der Waals surface area contributed by atoms with E-state index in [1.165, 1.54) is 33.4 Å². The number of benzene rings is 1. The van der Waals surface area contributed by atoms with E-state index in [1.54, 1.807) is 10.8 Å². The van der Waals surface area contributed by atoms with E-state index >= 15 is 0 Å². The van der Waals surface area contributed by atoms with Crippen LogP contribution in [0, 0.1) is 0 Å². The molecule has 0 aliphatic carbocycles. The van der Waals surface area contributed by atoms with Crippen LogP contribution in [0.15, 0.2) is 33.8 Å². The molecule has 12 heteroatoms. The highest BCUT2D eigenvalue weighted by Crippen LogP contribution is 2.33. The molecule has 31 heavy (non-hydrogen) atoms. The Morgan fingerprint density at radius 2 is 2.00 bits per heavy atom. The summed E-state index contributed by atoms with van der Waals surface area (Å²) in [5, 5.41) is 9.18. The molecular formula is C19H16F3N4O3S2+. The van der Waals surface area contributed by atoms with Crippen molar-refractivity contribution in [3.63, 3.8) is 0 Å². The van der Waals surface area contributed by atoms with E-state index in [9.17, 15) is 22.8 Å². The zero-order valence-corrected chi connectivity index (χ0v) is 17.6. The number of quaternary nitrogens is 1. The Morgan fingerprint density at radius 1 is 1.23 bits per heavy atom. The van der Waals surface area contributed by atoms with Gasteiger partial charge < -0.3 is 10.5 Å². The fraction of sp³-hybridized carbons (Fsp3) is 0.263. The smallest absolute Gasteiger partial charge is 0.416 e. The molecule has 0 radical (unpaired) electrons. The van der Waals surface area contributed by atoms with Crippen molar-refractivity contribution in [1.29, 1.82) is 0 Å². The molecule has 0 fully saturated rings. The number of esters is 1. The average molecular weight is 469 g/mol. The Balaban J connectivity index is 1.69. The molecule has 0 aliphatic rings. The Morgan fingerprint density at radius 3 is 2.74 bits per heavy atom. The number of rotatable bonds is 6. The summed E-state index contributed by atoms with van der Waals surface area (Å²) in [4.78, 5) is 29.1. The quantitative estimate of drug-likeness (QED) is 0.437. The third-order valence-electron chi connectivity index (χ3n) is 4.44. The number of nitrogens with zero attached hydrogens (tertiary/aromatic N) is 3. The van der Waals surface area contributed by atoms with Crippen LogP contribution >= 0.6 is 22.7 Å². The van der Waals surface area contributed by atoms with Gasteiger partial charge in [0, 0.05) is 16.1 Å². The van der Waals surface area contributed by atoms with Gasteiger partial charge >= 0.3 is 12.1 Å². The van der Waals surface area contributed by atoms with Crippen molar-refractivity contribution < 1.29 is 28.4 Å². The number of fused-ring (bicyclic) bond motifs is 2. The lowest BCUT2D eigenvalue weighted by Gasteiger charge is -2.08. The van der Waals surface area contributed by atoms with Crippen LogP contribution in [0.2, 0.25) is 0 Å². The number of thiophene rings is 1. The van der Waals surface area contributed by atoms with Gasteiger partial charge in [-0.05, 0) is 18.2 Å². The average Bonchev–Trinajstić information content (AvgIpc) is 3.35. The largest absolute Gasteiger partial charge is 0.459 e. The minimum absolute atomic E-state index is 0.0216. The molecule has 0 spiro atoms. The molecule has 7 nitrogen and oxygen atoms in total. The second-order valence-corrected chi connectivity index (χ2v) is 8.51. The Bertz CT molecular complexity index is 1330. The lowest BCUT2D eigenvalue weighted by molar-refractivity contribution is -0.372. The standard InChI is InChI=1S/C19H15F3N4O3S2/c20-19(21,22)10-1-2-15-14(5-10)24-16(31-15)7-26-18(28)12-9-30-8-11(12)13(25-26)6-17(27)29-4-3-23/h1-2,5,8-9H,3-4,6-7,23H2/p+1. The van der Waals surface area contributed by atoms with E-state index in [0.29, 0.717) is 32.7 Å². The number of hydrogen-bond donors (Lipinski definition) is 1. The van der Waals surface area contributed by atoms with Gasteiger partial charge in [0.1, 0.15) is 18.2 Å². The van der Waals surface area contributed by atoms with Crippen LogP contribution in [-0.2, 0) is 28.7 Å². The van der Waals surface area contributed by atoms with Gasteiger partial charge in [-0.2, -0.15) is 29.6 Å². The van der Waals surface area contributed by atoms with Crippen molar-refractivity contribution in [2.24, 2.45) is 0 Å². The molecule has 162 valence electrons. The van der Waals surface area contributed by atoms with Gasteiger partial charge in [0.2, 0.25) is 0 Å².